The summed E-state index contributed by atoms with van der Waals surface area (Å²) in [4.78, 5) is 0. The minimum Gasteiger partial charge on any atom is -0.333 e. The highest BCUT2D eigenvalue weighted by Gasteiger charge is 2.02. The molecule has 0 aliphatic heterocycles. The standard InChI is InChI=1S/C10H22.CH5N/c1-4-7-9-10(6-3)8-5-2;1-2/h10H,4-9H2,1-3H3;2H2,1H3. The van der Waals surface area contributed by atoms with E-state index >= 15 is 0 Å². The molecule has 0 amide bonds. The predicted molar refractivity (Wildman–Crippen MR) is 58.3 cm³/mol. The lowest BCUT2D eigenvalue weighted by Gasteiger charge is -2.11. The van der Waals surface area contributed by atoms with Crippen molar-refractivity contribution in [2.75, 3.05) is 7.05 Å². The van der Waals surface area contributed by atoms with Crippen LogP contribution >= 0.6 is 0 Å². The van der Waals surface area contributed by atoms with E-state index in [0.29, 0.717) is 0 Å². The van der Waals surface area contributed by atoms with Crippen LogP contribution in [0, 0.1) is 5.92 Å². The van der Waals surface area contributed by atoms with Gasteiger partial charge in [-0.05, 0) is 13.0 Å². The number of unbranched alkanes of at least 4 members (excludes halogenated alkanes) is 1. The van der Waals surface area contributed by atoms with E-state index in [2.05, 4.69) is 26.5 Å². The summed E-state index contributed by atoms with van der Waals surface area (Å²) in [6.45, 7) is 6.88. The Labute approximate surface area is 78.7 Å². The largest absolute Gasteiger partial charge is 0.333 e. The molecule has 1 atom stereocenters. The Bertz CT molecular complexity index is 62.0. The minimum absolute atomic E-state index is 1.02. The normalized spacial score (nSPS) is 11.8. The topological polar surface area (TPSA) is 26.0 Å². The molecule has 0 aromatic rings. The van der Waals surface area contributed by atoms with Gasteiger partial charge in [0.05, 0.1) is 0 Å². The zero-order chi connectivity index (χ0) is 9.82. The molecular formula is C11H27N. The van der Waals surface area contributed by atoms with Crippen molar-refractivity contribution in [1.29, 1.82) is 0 Å². The minimum atomic E-state index is 1.02. The van der Waals surface area contributed by atoms with Gasteiger partial charge in [-0.3, -0.25) is 0 Å². The smallest absolute Gasteiger partial charge is 0.0195 e. The van der Waals surface area contributed by atoms with Gasteiger partial charge in [-0.25, -0.2) is 0 Å². The summed E-state index contributed by atoms with van der Waals surface area (Å²) < 4.78 is 0. The number of hydrogen-bond donors (Lipinski definition) is 1. The van der Waals surface area contributed by atoms with E-state index in [-0.39, 0.29) is 0 Å². The summed E-state index contributed by atoms with van der Waals surface area (Å²) in [6, 6.07) is 0. The highest BCUT2D eigenvalue weighted by atomic mass is 14.4. The molecule has 0 radical (unpaired) electrons. The van der Waals surface area contributed by atoms with E-state index in [4.69, 9.17) is 0 Å². The van der Waals surface area contributed by atoms with E-state index in [9.17, 15) is 0 Å². The first kappa shape index (κ1) is 14.5. The Kier molecular flexibility index (Phi) is 16.3. The van der Waals surface area contributed by atoms with E-state index < -0.39 is 0 Å². The molecule has 0 aromatic carbocycles. The monoisotopic (exact) mass is 173 g/mol. The van der Waals surface area contributed by atoms with Crippen molar-refractivity contribution in [2.24, 2.45) is 11.7 Å². The molecule has 0 rings (SSSR count). The fourth-order valence-corrected chi connectivity index (χ4v) is 1.45. The quantitative estimate of drug-likeness (QED) is 0.653. The van der Waals surface area contributed by atoms with Gasteiger partial charge in [-0.1, -0.05) is 59.3 Å². The third-order valence-corrected chi connectivity index (χ3v) is 2.24. The lowest BCUT2D eigenvalue weighted by molar-refractivity contribution is 0.417. The van der Waals surface area contributed by atoms with Crippen LogP contribution in [0.1, 0.15) is 59.3 Å². The van der Waals surface area contributed by atoms with Crippen LogP contribution in [0.25, 0.3) is 0 Å². The second-order valence-corrected chi connectivity index (χ2v) is 3.21. The van der Waals surface area contributed by atoms with Gasteiger partial charge in [0, 0.05) is 0 Å². The molecule has 0 fully saturated rings. The zero-order valence-corrected chi connectivity index (χ0v) is 9.40. The van der Waals surface area contributed by atoms with Gasteiger partial charge in [0.15, 0.2) is 0 Å². The van der Waals surface area contributed by atoms with Crippen LogP contribution < -0.4 is 5.73 Å². The van der Waals surface area contributed by atoms with Gasteiger partial charge in [0.1, 0.15) is 0 Å². The lowest BCUT2D eigenvalue weighted by Crippen LogP contribution is -1.97. The van der Waals surface area contributed by atoms with Crippen molar-refractivity contribution in [3.8, 4) is 0 Å². The summed E-state index contributed by atoms with van der Waals surface area (Å²) in [7, 11) is 1.50. The Morgan fingerprint density at radius 3 is 1.83 bits per heavy atom. The summed E-state index contributed by atoms with van der Waals surface area (Å²) >= 11 is 0. The second-order valence-electron chi connectivity index (χ2n) is 3.21. The highest BCUT2D eigenvalue weighted by Crippen LogP contribution is 2.17. The molecule has 0 bridgehead atoms. The maximum atomic E-state index is 4.50. The van der Waals surface area contributed by atoms with Gasteiger partial charge in [-0.15, -0.1) is 0 Å². The van der Waals surface area contributed by atoms with Crippen LogP contribution in [0.3, 0.4) is 0 Å². The van der Waals surface area contributed by atoms with E-state index in [0.717, 1.165) is 5.92 Å². The molecule has 1 heteroatoms. The molecule has 0 spiro atoms. The third-order valence-electron chi connectivity index (χ3n) is 2.24. The molecule has 0 aliphatic carbocycles. The molecule has 1 nitrogen and oxygen atoms in total. The fraction of sp³-hybridized carbons (Fsp3) is 1.00. The Balaban J connectivity index is 0. The van der Waals surface area contributed by atoms with Crippen LogP contribution in [0.5, 0.6) is 0 Å². The molecule has 0 aliphatic rings. The van der Waals surface area contributed by atoms with Crippen LogP contribution in [-0.4, -0.2) is 7.05 Å². The zero-order valence-electron chi connectivity index (χ0n) is 9.40. The first-order valence-corrected chi connectivity index (χ1v) is 5.42. The molecule has 0 saturated heterocycles. The summed E-state index contributed by atoms with van der Waals surface area (Å²) in [6.07, 6.45) is 8.44. The third kappa shape index (κ3) is 9.96. The SMILES string of the molecule is CCCCC(CC)CCC.CN. The van der Waals surface area contributed by atoms with Gasteiger partial charge in [0.2, 0.25) is 0 Å². The van der Waals surface area contributed by atoms with E-state index in [1.807, 2.05) is 0 Å². The Morgan fingerprint density at radius 1 is 0.917 bits per heavy atom. The van der Waals surface area contributed by atoms with Crippen molar-refractivity contribution in [3.05, 3.63) is 0 Å². The average molecular weight is 173 g/mol. The maximum Gasteiger partial charge on any atom is -0.0195 e. The molecule has 12 heavy (non-hydrogen) atoms. The highest BCUT2D eigenvalue weighted by molar-refractivity contribution is 4.55. The number of nitrogens with two attached hydrogens (primary N) is 1. The Morgan fingerprint density at radius 2 is 1.50 bits per heavy atom. The van der Waals surface area contributed by atoms with Crippen LogP contribution in [0.15, 0.2) is 0 Å². The molecule has 1 unspecified atom stereocenters. The maximum absolute atomic E-state index is 4.50. The molecule has 0 saturated carbocycles. The van der Waals surface area contributed by atoms with Crippen LogP contribution in [-0.2, 0) is 0 Å². The van der Waals surface area contributed by atoms with Crippen molar-refractivity contribution in [2.45, 2.75) is 59.3 Å². The van der Waals surface area contributed by atoms with E-state index in [1.54, 1.807) is 0 Å². The Hall–Kier alpha value is -0.0400. The van der Waals surface area contributed by atoms with Crippen LogP contribution in [0.2, 0.25) is 0 Å². The number of rotatable bonds is 6. The summed E-state index contributed by atoms with van der Waals surface area (Å²) in [5.74, 6) is 1.02. The second kappa shape index (κ2) is 13.5. The molecule has 76 valence electrons. The van der Waals surface area contributed by atoms with Gasteiger partial charge < -0.3 is 5.73 Å². The van der Waals surface area contributed by atoms with E-state index in [1.165, 1.54) is 45.6 Å². The van der Waals surface area contributed by atoms with Crippen LogP contribution in [0.4, 0.5) is 0 Å². The van der Waals surface area contributed by atoms with Crippen molar-refractivity contribution < 1.29 is 0 Å². The van der Waals surface area contributed by atoms with Crippen molar-refractivity contribution in [1.82, 2.24) is 0 Å². The lowest BCUT2D eigenvalue weighted by atomic mass is 9.95. The van der Waals surface area contributed by atoms with Crippen molar-refractivity contribution in [3.63, 3.8) is 0 Å². The molecular weight excluding hydrogens is 146 g/mol. The molecule has 0 aromatic heterocycles. The summed E-state index contributed by atoms with van der Waals surface area (Å²) in [5.41, 5.74) is 4.50. The first-order chi connectivity index (χ1) is 5.85. The van der Waals surface area contributed by atoms with Crippen molar-refractivity contribution >= 4 is 0 Å². The van der Waals surface area contributed by atoms with Gasteiger partial charge in [0.25, 0.3) is 0 Å². The average Bonchev–Trinajstić information content (AvgIpc) is 2.15. The first-order valence-electron chi connectivity index (χ1n) is 5.42. The fourth-order valence-electron chi connectivity index (χ4n) is 1.45. The summed E-state index contributed by atoms with van der Waals surface area (Å²) in [5, 5.41) is 0. The molecule has 2 N–H and O–H groups in total. The van der Waals surface area contributed by atoms with Gasteiger partial charge in [-0.2, -0.15) is 0 Å². The molecule has 0 heterocycles. The number of hydrogen-bond acceptors (Lipinski definition) is 1. The van der Waals surface area contributed by atoms with Gasteiger partial charge >= 0.3 is 0 Å². The predicted octanol–water partition coefficient (Wildman–Crippen LogP) is 3.58.